The molecule has 0 unspecified atom stereocenters. The van der Waals surface area contributed by atoms with Crippen molar-refractivity contribution in [2.75, 3.05) is 44.7 Å². The topological polar surface area (TPSA) is 91.3 Å². The van der Waals surface area contributed by atoms with Gasteiger partial charge in [-0.15, -0.1) is 0 Å². The third kappa shape index (κ3) is 5.30. The van der Waals surface area contributed by atoms with E-state index in [0.29, 0.717) is 17.4 Å². The molecule has 0 aliphatic carbocycles. The van der Waals surface area contributed by atoms with E-state index in [0.717, 1.165) is 44.0 Å². The molecule has 3 aliphatic rings. The summed E-state index contributed by atoms with van der Waals surface area (Å²) in [6, 6.07) is 6.95. The van der Waals surface area contributed by atoms with Crippen molar-refractivity contribution in [3.05, 3.63) is 41.6 Å². The summed E-state index contributed by atoms with van der Waals surface area (Å²) < 4.78 is 61.5. The van der Waals surface area contributed by atoms with Crippen LogP contribution in [0.15, 0.2) is 41.0 Å². The summed E-state index contributed by atoms with van der Waals surface area (Å²) in [5.74, 6) is 1.22. The number of carbonyl (C=O) groups excluding carboxylic acids is 1. The first kappa shape index (κ1) is 24.2. The summed E-state index contributed by atoms with van der Waals surface area (Å²) in [6.07, 6.45) is -2.74. The van der Waals surface area contributed by atoms with Gasteiger partial charge in [0.2, 0.25) is 0 Å². The first-order chi connectivity index (χ1) is 15.1. The predicted molar refractivity (Wildman–Crippen MR) is 113 cm³/mol. The van der Waals surface area contributed by atoms with Crippen molar-refractivity contribution in [1.82, 2.24) is 15.5 Å². The zero-order valence-electron chi connectivity index (χ0n) is 17.5. The van der Waals surface area contributed by atoms with Crippen LogP contribution >= 0.6 is 0 Å². The number of halogens is 3. The smallest absolute Gasteiger partial charge is 0.382 e. The zero-order valence-corrected chi connectivity index (χ0v) is 18.3. The van der Waals surface area contributed by atoms with Crippen molar-refractivity contribution >= 4 is 22.8 Å². The number of hydroxylamine groups is 1. The van der Waals surface area contributed by atoms with Gasteiger partial charge in [0.05, 0.1) is 11.5 Å². The second kappa shape index (κ2) is 9.20. The maximum Gasteiger partial charge on any atom is 0.434 e. The van der Waals surface area contributed by atoms with Crippen LogP contribution < -0.4 is 10.3 Å². The summed E-state index contributed by atoms with van der Waals surface area (Å²) in [7, 11) is -1.42. The summed E-state index contributed by atoms with van der Waals surface area (Å²) in [5, 5.41) is 4.43. The fraction of sp³-hybridized carbons (Fsp3) is 0.500. The van der Waals surface area contributed by atoms with Gasteiger partial charge in [-0.1, -0.05) is 12.1 Å². The lowest BCUT2D eigenvalue weighted by molar-refractivity contribution is -0.176. The normalized spacial score (nSPS) is 22.9. The molecule has 1 N–H and O–H groups in total. The van der Waals surface area contributed by atoms with Gasteiger partial charge in [0.1, 0.15) is 6.79 Å². The van der Waals surface area contributed by atoms with Crippen LogP contribution in [0.5, 0.6) is 5.75 Å². The number of hydrogen-bond donors (Lipinski definition) is 1. The highest BCUT2D eigenvalue weighted by atomic mass is 32.2. The molecule has 8 nitrogen and oxygen atoms in total. The number of aliphatic imine (C=N–C) groups is 1. The molecule has 0 amide bonds. The number of carbonyl (C=O) groups is 1. The predicted octanol–water partition coefficient (Wildman–Crippen LogP) is 1.58. The van der Waals surface area contributed by atoms with Crippen molar-refractivity contribution in [2.24, 2.45) is 10.4 Å². The molecule has 176 valence electrons. The maximum absolute atomic E-state index is 12.9. The molecule has 1 aromatic rings. The van der Waals surface area contributed by atoms with Crippen LogP contribution in [0, 0.1) is 5.41 Å². The highest BCUT2D eigenvalue weighted by Gasteiger charge is 2.57. The largest absolute Gasteiger partial charge is 0.434 e. The summed E-state index contributed by atoms with van der Waals surface area (Å²) >= 11 is 0. The summed E-state index contributed by atoms with van der Waals surface area (Å²) in [5.41, 5.74) is 1.96. The highest BCUT2D eigenvalue weighted by Crippen LogP contribution is 2.44. The molecule has 0 atom stereocenters. The SMILES string of the molecule is C=O.CN=C/C=C(\NOc1ccc(C2CN(N3CC4(C3)CS(=O)(=O)C4)C2)cc1)C(F)(F)F. The van der Waals surface area contributed by atoms with Gasteiger partial charge in [0, 0.05) is 50.8 Å². The Kier molecular flexibility index (Phi) is 6.96. The maximum atomic E-state index is 12.9. The number of allylic oxidation sites excluding steroid dienone is 2. The fourth-order valence-electron chi connectivity index (χ4n) is 4.16. The van der Waals surface area contributed by atoms with E-state index >= 15 is 0 Å². The summed E-state index contributed by atoms with van der Waals surface area (Å²) in [6.45, 7) is 5.29. The van der Waals surface area contributed by atoms with E-state index in [-0.39, 0.29) is 11.2 Å². The lowest BCUT2D eigenvalue weighted by atomic mass is 9.83. The average Bonchev–Trinajstić information content (AvgIpc) is 2.65. The standard InChI is InChI=1S/C19H23F3N4O3S.CH2O/c1-23-7-6-17(19(20,21)22)24-29-16-4-2-14(3-5-16)15-8-25(9-15)26-10-18(11-26)12-30(27,28)13-18;1-2/h2-7,15,24H,8-13H2,1H3;1H2/b17-6-,23-7?;. The molecular weight excluding hydrogens is 449 g/mol. The van der Waals surface area contributed by atoms with Crippen molar-refractivity contribution in [1.29, 1.82) is 0 Å². The van der Waals surface area contributed by atoms with E-state index in [1.54, 1.807) is 12.1 Å². The number of sulfone groups is 1. The number of benzene rings is 1. The average molecular weight is 475 g/mol. The van der Waals surface area contributed by atoms with E-state index in [2.05, 4.69) is 15.0 Å². The Balaban J connectivity index is 0.00000141. The van der Waals surface area contributed by atoms with E-state index < -0.39 is 21.7 Å². The van der Waals surface area contributed by atoms with Crippen LogP contribution in [-0.2, 0) is 14.6 Å². The van der Waals surface area contributed by atoms with Crippen molar-refractivity contribution < 1.29 is 31.2 Å². The van der Waals surface area contributed by atoms with E-state index in [9.17, 15) is 21.6 Å². The van der Waals surface area contributed by atoms with Crippen LogP contribution in [0.2, 0.25) is 0 Å². The van der Waals surface area contributed by atoms with Gasteiger partial charge < -0.3 is 9.63 Å². The number of rotatable bonds is 6. The third-order valence-corrected chi connectivity index (χ3v) is 7.78. The molecule has 3 aliphatic heterocycles. The molecule has 3 heterocycles. The number of alkyl halides is 3. The Labute approximate surface area is 184 Å². The molecule has 0 bridgehead atoms. The molecule has 32 heavy (non-hydrogen) atoms. The Morgan fingerprint density at radius 3 is 2.28 bits per heavy atom. The van der Waals surface area contributed by atoms with E-state index in [1.807, 2.05) is 24.4 Å². The first-order valence-corrected chi connectivity index (χ1v) is 11.6. The molecule has 0 radical (unpaired) electrons. The summed E-state index contributed by atoms with van der Waals surface area (Å²) in [4.78, 5) is 16.6. The molecule has 4 rings (SSSR count). The minimum Gasteiger partial charge on any atom is -0.382 e. The van der Waals surface area contributed by atoms with E-state index in [1.165, 1.54) is 7.05 Å². The van der Waals surface area contributed by atoms with Gasteiger partial charge in [-0.25, -0.2) is 23.9 Å². The van der Waals surface area contributed by atoms with Crippen LogP contribution in [0.25, 0.3) is 0 Å². The molecule has 3 saturated heterocycles. The van der Waals surface area contributed by atoms with Crippen LogP contribution in [-0.4, -0.2) is 82.3 Å². The second-order valence-electron chi connectivity index (χ2n) is 8.18. The Hall–Kier alpha value is -2.44. The molecular formula is C20H25F3N4O4S. The molecule has 3 fully saturated rings. The van der Waals surface area contributed by atoms with Gasteiger partial charge in [-0.2, -0.15) is 13.2 Å². The monoisotopic (exact) mass is 474 g/mol. The highest BCUT2D eigenvalue weighted by molar-refractivity contribution is 7.92. The number of nitrogens with one attached hydrogen (secondary N) is 1. The van der Waals surface area contributed by atoms with Gasteiger partial charge in [0.15, 0.2) is 21.3 Å². The van der Waals surface area contributed by atoms with Crippen molar-refractivity contribution in [3.8, 4) is 5.75 Å². The second-order valence-corrected chi connectivity index (χ2v) is 10.2. The van der Waals surface area contributed by atoms with Crippen molar-refractivity contribution in [3.63, 3.8) is 0 Å². The fourth-order valence-corrected chi connectivity index (χ4v) is 6.30. The van der Waals surface area contributed by atoms with Gasteiger partial charge in [-0.05, 0) is 23.8 Å². The van der Waals surface area contributed by atoms with Gasteiger partial charge in [-0.3, -0.25) is 4.99 Å². The first-order valence-electron chi connectivity index (χ1n) is 9.81. The Bertz CT molecular complexity index is 954. The molecule has 0 saturated carbocycles. The lowest BCUT2D eigenvalue weighted by Crippen LogP contribution is -2.74. The third-order valence-electron chi connectivity index (χ3n) is 5.68. The number of hydrazine groups is 1. The zero-order chi connectivity index (χ0) is 23.6. The van der Waals surface area contributed by atoms with E-state index in [4.69, 9.17) is 9.63 Å². The van der Waals surface area contributed by atoms with Crippen LogP contribution in [0.4, 0.5) is 13.2 Å². The molecule has 1 aromatic carbocycles. The number of hydrogen-bond acceptors (Lipinski definition) is 8. The molecule has 12 heteroatoms. The number of nitrogens with zero attached hydrogens (tertiary/aromatic N) is 3. The quantitative estimate of drug-likeness (QED) is 0.495. The van der Waals surface area contributed by atoms with Crippen molar-refractivity contribution in [2.45, 2.75) is 12.1 Å². The molecule has 1 spiro atoms. The van der Waals surface area contributed by atoms with Gasteiger partial charge >= 0.3 is 6.18 Å². The van der Waals surface area contributed by atoms with Crippen LogP contribution in [0.3, 0.4) is 0 Å². The van der Waals surface area contributed by atoms with Gasteiger partial charge in [0.25, 0.3) is 0 Å². The Morgan fingerprint density at radius 2 is 1.78 bits per heavy atom. The van der Waals surface area contributed by atoms with Crippen LogP contribution in [0.1, 0.15) is 11.5 Å². The minimum atomic E-state index is -4.57. The lowest BCUT2D eigenvalue weighted by Gasteiger charge is -2.60. The minimum absolute atomic E-state index is 0.0252. The Morgan fingerprint density at radius 1 is 1.19 bits per heavy atom. The molecule has 0 aromatic heterocycles.